The molecule has 6 rings (SSSR count). The molecule has 6 aromatic rings. The van der Waals surface area contributed by atoms with E-state index in [1.165, 1.54) is 33.3 Å². The van der Waals surface area contributed by atoms with Crippen molar-refractivity contribution >= 4 is 197 Å². The Morgan fingerprint density at radius 1 is 0.556 bits per heavy atom. The molecule has 0 aliphatic rings. The van der Waals surface area contributed by atoms with Gasteiger partial charge in [-0.3, -0.25) is 65.2 Å². The van der Waals surface area contributed by atoms with Gasteiger partial charge in [-0.1, -0.05) is 125 Å². The van der Waals surface area contributed by atoms with Crippen molar-refractivity contribution in [2.45, 2.75) is -0.0619 Å². The number of nitrogen functional groups attached to an aromatic ring is 5. The normalized spacial score (nSPS) is 8.84. The topological polar surface area (TPSA) is 337 Å². The maximum absolute atomic E-state index is 10.7. The monoisotopic (exact) mass is 1680 g/mol. The first-order chi connectivity index (χ1) is 28.5. The van der Waals surface area contributed by atoms with E-state index >= 15 is 0 Å². The van der Waals surface area contributed by atoms with Crippen molar-refractivity contribution in [2.24, 2.45) is 0 Å². The summed E-state index contributed by atoms with van der Waals surface area (Å²) in [5, 5.41) is 31.0. The molecule has 0 aromatic carbocycles. The fourth-order valence-electron chi connectivity index (χ4n) is 3.73. The molecule has 29 heteroatoms. The molecule has 0 saturated heterocycles. The van der Waals surface area contributed by atoms with Crippen molar-refractivity contribution in [1.29, 1.82) is 0 Å². The molecular weight excluding hydrogens is 1640 g/mol. The van der Waals surface area contributed by atoms with Gasteiger partial charge in [-0.15, -0.1) is 0 Å². The van der Waals surface area contributed by atoms with Crippen LogP contribution in [0.5, 0.6) is 0 Å². The number of rotatable bonds is 5. The van der Waals surface area contributed by atoms with E-state index in [-0.39, 0.29) is 78.7 Å². The average Bonchev–Trinajstić information content (AvgIpc) is 3.22. The number of hydrogen-bond acceptors (Lipinski definition) is 17. The number of anilines is 5. The second kappa shape index (κ2) is 39.3. The molecular formula is C34H35BrI6N14O6V2-2. The van der Waals surface area contributed by atoms with Crippen molar-refractivity contribution in [3.05, 3.63) is 152 Å². The van der Waals surface area contributed by atoms with Gasteiger partial charge in [-0.05, 0) is 34.1 Å². The summed E-state index contributed by atoms with van der Waals surface area (Å²) in [6.45, 7) is 0. The third kappa shape index (κ3) is 26.8. The number of hydrogen-bond donors (Lipinski definition) is 5. The summed E-state index contributed by atoms with van der Waals surface area (Å²) in [6.07, 6.45) is 17.5. The van der Waals surface area contributed by atoms with Gasteiger partial charge in [-0.25, -0.2) is 0 Å². The summed E-state index contributed by atoms with van der Waals surface area (Å²) in [6, 6.07) is 8.65. The fourth-order valence-corrected chi connectivity index (χ4v) is 4.05. The molecule has 0 bridgehead atoms. The second-order valence-electron chi connectivity index (χ2n) is 9.90. The molecule has 63 heavy (non-hydrogen) atoms. The summed E-state index contributed by atoms with van der Waals surface area (Å²) in [5.74, 6) is 0. The molecule has 6 heterocycles. The number of halogens is 7. The zero-order chi connectivity index (χ0) is 45.8. The number of pyridine rings is 6. The molecule has 0 spiro atoms. The van der Waals surface area contributed by atoms with Gasteiger partial charge in [0, 0.05) is 109 Å². The molecule has 0 saturated carbocycles. The van der Waals surface area contributed by atoms with Crippen LogP contribution in [0.1, 0.15) is 0 Å². The molecule has 0 aliphatic heterocycles. The fraction of sp³-hybridized carbons (Fsp3) is 0.0588. The Morgan fingerprint density at radius 3 is 1.29 bits per heavy atom. The summed E-state index contributed by atoms with van der Waals surface area (Å²) in [4.78, 5) is 55.4. The first-order valence-corrected chi connectivity index (χ1v) is 24.4. The van der Waals surface area contributed by atoms with Crippen LogP contribution in [0, 0.1) is 42.7 Å². The number of nitro groups is 3. The van der Waals surface area contributed by atoms with Gasteiger partial charge >= 0.3 is 17.1 Å². The number of nitrogens with two attached hydrogens (primary N) is 5. The van der Waals surface area contributed by atoms with E-state index in [4.69, 9.17) is 28.7 Å². The van der Waals surface area contributed by atoms with Crippen LogP contribution in [0.2, 0.25) is 0 Å². The Morgan fingerprint density at radius 2 is 0.921 bits per heavy atom. The van der Waals surface area contributed by atoms with Crippen LogP contribution in [0.25, 0.3) is 22.3 Å². The molecule has 6 aromatic heterocycles. The third-order valence-electron chi connectivity index (χ3n) is 6.27. The first kappa shape index (κ1) is 67.7. The van der Waals surface area contributed by atoms with Crippen LogP contribution in [0.3, 0.4) is 0 Å². The SMILES string of the molecule is IC(I)I.ICI.Nc1c(-c2cccnc2)cncc1[N+](=O)[O-].Nc1c(Br)cncc1[N+](=O)[O-].Nc1ccncc1[N+](=O)[O-].Nc1cncc(-c2cccnc2)c1N.[CH2-]I.[CH3-].[V].[V]. The van der Waals surface area contributed by atoms with E-state index in [0.29, 0.717) is 27.0 Å². The Kier molecular flexibility index (Phi) is 42.3. The Bertz CT molecular complexity index is 2240. The van der Waals surface area contributed by atoms with Crippen LogP contribution < -0.4 is 28.7 Å². The summed E-state index contributed by atoms with van der Waals surface area (Å²) in [5.41, 5.74) is 31.6. The summed E-state index contributed by atoms with van der Waals surface area (Å²) >= 11 is 16.4. The van der Waals surface area contributed by atoms with Gasteiger partial charge in [0.25, 0.3) is 0 Å². The zero-order valence-electron chi connectivity index (χ0n) is 32.2. The predicted molar refractivity (Wildman–Crippen MR) is 298 cm³/mol. The van der Waals surface area contributed by atoms with Crippen molar-refractivity contribution < 1.29 is 51.9 Å². The van der Waals surface area contributed by atoms with E-state index in [2.05, 4.69) is 164 Å². The van der Waals surface area contributed by atoms with Crippen LogP contribution in [-0.4, -0.2) is 47.0 Å². The van der Waals surface area contributed by atoms with Crippen LogP contribution in [-0.2, 0) is 37.1 Å². The van der Waals surface area contributed by atoms with E-state index < -0.39 is 14.8 Å². The first-order valence-electron chi connectivity index (χ1n) is 15.3. The van der Waals surface area contributed by atoms with Crippen LogP contribution in [0.4, 0.5) is 45.5 Å². The molecule has 0 atom stereocenters. The van der Waals surface area contributed by atoms with Gasteiger partial charge < -0.3 is 58.7 Å². The van der Waals surface area contributed by atoms with Crippen molar-refractivity contribution in [2.75, 3.05) is 31.1 Å². The average molecular weight is 1680 g/mol. The number of alkyl halides is 5. The van der Waals surface area contributed by atoms with E-state index in [1.54, 1.807) is 43.1 Å². The summed E-state index contributed by atoms with van der Waals surface area (Å²) < 4.78 is 2.37. The van der Waals surface area contributed by atoms with Gasteiger partial charge in [-0.2, -0.15) is 0 Å². The Hall–Kier alpha value is -1.87. The predicted octanol–water partition coefficient (Wildman–Crippen LogP) is 10.9. The largest absolute Gasteiger partial charge is 0.396 e. The van der Waals surface area contributed by atoms with Crippen molar-refractivity contribution in [3.8, 4) is 22.3 Å². The van der Waals surface area contributed by atoms with E-state index in [1.807, 2.05) is 34.7 Å². The molecule has 10 N–H and O–H groups in total. The minimum absolute atomic E-state index is 0. The maximum Gasteiger partial charge on any atom is 0.311 e. The molecule has 0 amide bonds. The van der Waals surface area contributed by atoms with Crippen molar-refractivity contribution in [1.82, 2.24) is 29.9 Å². The molecule has 0 fully saturated rings. The third-order valence-corrected chi connectivity index (χ3v) is 6.90. The number of nitrogens with zero attached hydrogens (tertiary/aromatic N) is 9. The van der Waals surface area contributed by atoms with E-state index in [0.717, 1.165) is 29.7 Å². The molecule has 0 aliphatic carbocycles. The van der Waals surface area contributed by atoms with Gasteiger partial charge in [0.05, 0.1) is 39.2 Å². The van der Waals surface area contributed by atoms with Gasteiger partial charge in [0.2, 0.25) is 0 Å². The Labute approximate surface area is 477 Å². The van der Waals surface area contributed by atoms with E-state index in [9.17, 15) is 30.3 Å². The van der Waals surface area contributed by atoms with Crippen LogP contribution in [0.15, 0.2) is 109 Å². The van der Waals surface area contributed by atoms with Gasteiger partial charge in [0.15, 0.2) is 0 Å². The smallest absolute Gasteiger partial charge is 0.311 e. The number of aromatic nitrogens is 6. The molecule has 2 radical (unpaired) electrons. The quantitative estimate of drug-likeness (QED) is 0.0352. The zero-order valence-corrected chi connectivity index (χ0v) is 49.5. The minimum atomic E-state index is -0.576. The second-order valence-corrected chi connectivity index (χ2v) is 26.1. The standard InChI is InChI=1S/C10H8N4O2.C10H10N4.C5H4BrN3O2.C5H5N3O2.CHI3.CH2I2.CH2I.CH3.2V/c11-10-8(7-2-1-3-12-4-7)5-13-6-9(10)14(15)16;11-9-6-14-5-8(10(9)12)7-2-1-3-13-4-7;6-3-1-8-2-4(5(3)7)9(10)11;6-4-1-2-7-3-5(4)8(9)10;2-1(3)4;2-1-3;1-2;;;/h1-6H,(H2,11,13);1-6H,11H2,(H2,12,14);1-2H,(H2,7,8);1-3H,(H2,6,7);1H;1H2;1H2;1H3;;/q;;;;;;2*-1;;. The van der Waals surface area contributed by atoms with Crippen LogP contribution >= 0.6 is 151 Å². The molecule has 0 unspecified atom stereocenters. The molecule has 338 valence electrons. The summed E-state index contributed by atoms with van der Waals surface area (Å²) in [7, 11) is 0. The van der Waals surface area contributed by atoms with Gasteiger partial charge in [0.1, 0.15) is 35.6 Å². The molecule has 20 nitrogen and oxygen atoms in total. The minimum Gasteiger partial charge on any atom is -0.396 e. The maximum atomic E-state index is 10.7. The van der Waals surface area contributed by atoms with Crippen molar-refractivity contribution in [3.63, 3.8) is 0 Å². The Balaban J connectivity index is -0.000000345.